The quantitative estimate of drug-likeness (QED) is 0.597. The van der Waals surface area contributed by atoms with Crippen LogP contribution in [0, 0.1) is 0 Å². The number of aliphatic hydroxyl groups is 1. The molecular weight excluding hydrogens is 186 g/mol. The van der Waals surface area contributed by atoms with Gasteiger partial charge in [-0.25, -0.2) is 4.79 Å². The Morgan fingerprint density at radius 1 is 1.64 bits per heavy atom. The second kappa shape index (κ2) is 5.95. The zero-order valence-corrected chi connectivity index (χ0v) is 8.15. The van der Waals surface area contributed by atoms with Gasteiger partial charge in [0.05, 0.1) is 6.10 Å². The third-order valence-corrected chi connectivity index (χ3v) is 2.18. The smallest absolute Gasteiger partial charge is 0.336 e. The highest BCUT2D eigenvalue weighted by Gasteiger charge is 2.19. The van der Waals surface area contributed by atoms with E-state index in [2.05, 4.69) is 0 Å². The fraction of sp³-hybridized carbons (Fsp3) is 0.889. The number of carbonyl (C=O) groups is 1. The number of aliphatic hydroxyl groups excluding tert-OH is 1. The van der Waals surface area contributed by atoms with E-state index in [0.717, 1.165) is 25.9 Å². The second-order valence-corrected chi connectivity index (χ2v) is 3.37. The predicted molar refractivity (Wildman–Crippen MR) is 49.6 cm³/mol. The summed E-state index contributed by atoms with van der Waals surface area (Å²) in [5.74, 6) is -0.665. The van der Waals surface area contributed by atoms with Gasteiger partial charge >= 0.3 is 5.97 Å². The summed E-state index contributed by atoms with van der Waals surface area (Å²) in [4.78, 5) is 11.0. The Labute approximate surface area is 83.2 Å². The lowest BCUT2D eigenvalue weighted by atomic mass is 10.1. The molecule has 0 saturated carbocycles. The fourth-order valence-electron chi connectivity index (χ4n) is 1.31. The average Bonchev–Trinajstić information content (AvgIpc) is 2.26. The highest BCUT2D eigenvalue weighted by molar-refractivity contribution is 5.74. The van der Waals surface area contributed by atoms with Crippen LogP contribution in [0.5, 0.6) is 0 Å². The lowest BCUT2D eigenvalue weighted by molar-refractivity contribution is -0.158. The molecule has 0 bridgehead atoms. The molecule has 0 aliphatic carbocycles. The van der Waals surface area contributed by atoms with Crippen LogP contribution in [0.4, 0.5) is 0 Å². The first-order valence-corrected chi connectivity index (χ1v) is 4.90. The molecule has 3 N–H and O–H groups in total. The van der Waals surface area contributed by atoms with Gasteiger partial charge in [-0.05, 0) is 19.3 Å². The molecule has 0 aromatic carbocycles. The molecule has 0 radical (unpaired) electrons. The van der Waals surface area contributed by atoms with Crippen LogP contribution in [-0.4, -0.2) is 43.0 Å². The fourth-order valence-corrected chi connectivity index (χ4v) is 1.31. The molecule has 82 valence electrons. The number of nitrogens with two attached hydrogens (primary N) is 1. The van der Waals surface area contributed by atoms with E-state index < -0.39 is 12.1 Å². The Kier molecular flexibility index (Phi) is 4.86. The minimum atomic E-state index is -1.21. The number of carbonyl (C=O) groups excluding carboxylic acids is 1. The molecular formula is C9H17NO4. The SMILES string of the molecule is NCC(O)C(=O)OCC1CCCCO1. The van der Waals surface area contributed by atoms with E-state index in [1.54, 1.807) is 0 Å². The second-order valence-electron chi connectivity index (χ2n) is 3.37. The van der Waals surface area contributed by atoms with Gasteiger partial charge in [-0.3, -0.25) is 0 Å². The molecule has 5 nitrogen and oxygen atoms in total. The van der Waals surface area contributed by atoms with Gasteiger partial charge in [-0.15, -0.1) is 0 Å². The Hall–Kier alpha value is -0.650. The van der Waals surface area contributed by atoms with Gasteiger partial charge in [0.1, 0.15) is 6.61 Å². The Morgan fingerprint density at radius 3 is 3.00 bits per heavy atom. The van der Waals surface area contributed by atoms with Crippen molar-refractivity contribution in [2.45, 2.75) is 31.5 Å². The topological polar surface area (TPSA) is 81.8 Å². The molecule has 1 saturated heterocycles. The van der Waals surface area contributed by atoms with Crippen LogP contribution in [0.1, 0.15) is 19.3 Å². The van der Waals surface area contributed by atoms with Gasteiger partial charge in [0.25, 0.3) is 0 Å². The van der Waals surface area contributed by atoms with Crippen molar-refractivity contribution >= 4 is 5.97 Å². The highest BCUT2D eigenvalue weighted by Crippen LogP contribution is 2.12. The summed E-state index contributed by atoms with van der Waals surface area (Å²) < 4.78 is 10.2. The maximum absolute atomic E-state index is 11.0. The largest absolute Gasteiger partial charge is 0.461 e. The first-order valence-electron chi connectivity index (χ1n) is 4.90. The summed E-state index contributed by atoms with van der Waals surface area (Å²) in [7, 11) is 0. The summed E-state index contributed by atoms with van der Waals surface area (Å²) in [6.07, 6.45) is 1.85. The van der Waals surface area contributed by atoms with Gasteiger partial charge in [-0.2, -0.15) is 0 Å². The summed E-state index contributed by atoms with van der Waals surface area (Å²) in [5, 5.41) is 9.02. The van der Waals surface area contributed by atoms with Crippen LogP contribution in [-0.2, 0) is 14.3 Å². The molecule has 0 amide bonds. The summed E-state index contributed by atoms with van der Waals surface area (Å²) >= 11 is 0. The maximum atomic E-state index is 11.0. The summed E-state index contributed by atoms with van der Waals surface area (Å²) in [6.45, 7) is 0.835. The van der Waals surface area contributed by atoms with Gasteiger partial charge in [-0.1, -0.05) is 0 Å². The predicted octanol–water partition coefficient (Wildman–Crippen LogP) is -0.582. The molecule has 0 aromatic rings. The lowest BCUT2D eigenvalue weighted by Gasteiger charge is -2.22. The van der Waals surface area contributed by atoms with Crippen molar-refractivity contribution in [1.29, 1.82) is 0 Å². The van der Waals surface area contributed by atoms with Crippen LogP contribution in [0.3, 0.4) is 0 Å². The molecule has 1 fully saturated rings. The molecule has 5 heteroatoms. The van der Waals surface area contributed by atoms with Crippen LogP contribution >= 0.6 is 0 Å². The van der Waals surface area contributed by atoms with Crippen LogP contribution in [0.15, 0.2) is 0 Å². The molecule has 1 aliphatic rings. The highest BCUT2D eigenvalue weighted by atomic mass is 16.6. The summed E-state index contributed by atoms with van der Waals surface area (Å²) in [5.41, 5.74) is 5.10. The Morgan fingerprint density at radius 2 is 2.43 bits per heavy atom. The standard InChI is InChI=1S/C9H17NO4/c10-5-8(11)9(12)14-6-7-3-1-2-4-13-7/h7-8,11H,1-6,10H2. The first-order chi connectivity index (χ1) is 6.74. The third kappa shape index (κ3) is 3.61. The average molecular weight is 203 g/mol. The zero-order valence-electron chi connectivity index (χ0n) is 8.15. The number of ether oxygens (including phenoxy) is 2. The number of esters is 1. The van der Waals surface area contributed by atoms with Gasteiger partial charge in [0.2, 0.25) is 0 Å². The third-order valence-electron chi connectivity index (χ3n) is 2.18. The van der Waals surface area contributed by atoms with E-state index in [0.29, 0.717) is 0 Å². The minimum Gasteiger partial charge on any atom is -0.461 e. The molecule has 14 heavy (non-hydrogen) atoms. The lowest BCUT2D eigenvalue weighted by Crippen LogP contribution is -2.34. The van der Waals surface area contributed by atoms with Crippen molar-refractivity contribution in [3.8, 4) is 0 Å². The molecule has 1 heterocycles. The molecule has 2 atom stereocenters. The van der Waals surface area contributed by atoms with Gasteiger partial charge < -0.3 is 20.3 Å². The Balaban J connectivity index is 2.15. The Bertz CT molecular complexity index is 180. The van der Waals surface area contributed by atoms with E-state index in [-0.39, 0.29) is 19.3 Å². The maximum Gasteiger partial charge on any atom is 0.336 e. The normalized spacial score (nSPS) is 24.3. The number of rotatable bonds is 4. The van der Waals surface area contributed by atoms with E-state index in [1.807, 2.05) is 0 Å². The van der Waals surface area contributed by atoms with Crippen molar-refractivity contribution in [2.24, 2.45) is 5.73 Å². The number of hydrogen-bond donors (Lipinski definition) is 2. The van der Waals surface area contributed by atoms with E-state index in [4.69, 9.17) is 20.3 Å². The molecule has 1 rings (SSSR count). The van der Waals surface area contributed by atoms with Crippen molar-refractivity contribution in [2.75, 3.05) is 19.8 Å². The zero-order chi connectivity index (χ0) is 10.4. The number of hydrogen-bond acceptors (Lipinski definition) is 5. The van der Waals surface area contributed by atoms with Crippen molar-refractivity contribution in [3.05, 3.63) is 0 Å². The van der Waals surface area contributed by atoms with E-state index in [9.17, 15) is 4.79 Å². The van der Waals surface area contributed by atoms with Gasteiger partial charge in [0.15, 0.2) is 6.10 Å². The molecule has 0 spiro atoms. The van der Waals surface area contributed by atoms with Crippen molar-refractivity contribution in [1.82, 2.24) is 0 Å². The van der Waals surface area contributed by atoms with Crippen LogP contribution in [0.25, 0.3) is 0 Å². The molecule has 2 unspecified atom stereocenters. The molecule has 1 aliphatic heterocycles. The van der Waals surface area contributed by atoms with E-state index >= 15 is 0 Å². The van der Waals surface area contributed by atoms with Crippen LogP contribution in [0.2, 0.25) is 0 Å². The van der Waals surface area contributed by atoms with Crippen molar-refractivity contribution in [3.63, 3.8) is 0 Å². The monoisotopic (exact) mass is 203 g/mol. The minimum absolute atomic E-state index is 0.0160. The van der Waals surface area contributed by atoms with E-state index in [1.165, 1.54) is 0 Å². The summed E-state index contributed by atoms with van der Waals surface area (Å²) in [6, 6.07) is 0. The van der Waals surface area contributed by atoms with Crippen molar-refractivity contribution < 1.29 is 19.4 Å². The first kappa shape index (κ1) is 11.4. The van der Waals surface area contributed by atoms with Gasteiger partial charge in [0, 0.05) is 13.2 Å². The van der Waals surface area contributed by atoms with Crippen LogP contribution < -0.4 is 5.73 Å². The molecule has 0 aromatic heterocycles.